The van der Waals surface area contributed by atoms with Gasteiger partial charge in [0.15, 0.2) is 5.78 Å². The van der Waals surface area contributed by atoms with E-state index >= 15 is 0 Å². The van der Waals surface area contributed by atoms with E-state index in [-0.39, 0.29) is 18.0 Å². The highest BCUT2D eigenvalue weighted by Gasteiger charge is 2.07. The van der Waals surface area contributed by atoms with Crippen molar-refractivity contribution in [3.8, 4) is 5.75 Å². The molecule has 2 aromatic rings. The molecule has 0 amide bonds. The van der Waals surface area contributed by atoms with Crippen LogP contribution in [0, 0.1) is 0 Å². The van der Waals surface area contributed by atoms with E-state index in [1.165, 1.54) is 0 Å². The number of hydrogen-bond donors (Lipinski definition) is 1. The molecule has 3 heteroatoms. The molecule has 0 aliphatic carbocycles. The summed E-state index contributed by atoms with van der Waals surface area (Å²) < 4.78 is 0. The van der Waals surface area contributed by atoms with E-state index in [2.05, 4.69) is 0 Å². The van der Waals surface area contributed by atoms with Gasteiger partial charge in [-0.3, -0.25) is 4.79 Å². The highest BCUT2D eigenvalue weighted by molar-refractivity contribution is 6.31. The van der Waals surface area contributed by atoms with Crippen LogP contribution in [-0.4, -0.2) is 10.9 Å². The topological polar surface area (TPSA) is 37.3 Å². The Labute approximate surface area is 104 Å². The molecule has 0 aliphatic heterocycles. The molecule has 0 atom stereocenters. The molecule has 0 unspecified atom stereocenters. The zero-order valence-electron chi connectivity index (χ0n) is 9.06. The molecule has 0 saturated carbocycles. The number of hydrogen-bond acceptors (Lipinski definition) is 2. The number of ketones is 1. The quantitative estimate of drug-likeness (QED) is 0.842. The summed E-state index contributed by atoms with van der Waals surface area (Å²) in [5.41, 5.74) is 1.37. The van der Waals surface area contributed by atoms with Gasteiger partial charge in [0.1, 0.15) is 5.75 Å². The van der Waals surface area contributed by atoms with Gasteiger partial charge in [0.05, 0.1) is 0 Å². The molecule has 1 N–H and O–H groups in total. The van der Waals surface area contributed by atoms with Crippen LogP contribution >= 0.6 is 11.6 Å². The number of phenols is 1. The van der Waals surface area contributed by atoms with Gasteiger partial charge in [-0.1, -0.05) is 35.9 Å². The molecule has 86 valence electrons. The third-order valence-corrected chi connectivity index (χ3v) is 2.66. The molecule has 17 heavy (non-hydrogen) atoms. The number of Topliss-reactive ketones (excluding diaryl/α,β-unsaturated/α-hetero) is 1. The lowest BCUT2D eigenvalue weighted by Gasteiger charge is -2.02. The Bertz CT molecular complexity index is 549. The molecule has 2 aromatic carbocycles. The molecule has 2 nitrogen and oxygen atoms in total. The Morgan fingerprint density at radius 3 is 2.59 bits per heavy atom. The first-order chi connectivity index (χ1) is 8.15. The first kappa shape index (κ1) is 11.7. The molecule has 0 heterocycles. The lowest BCUT2D eigenvalue weighted by atomic mass is 10.0. The molecule has 0 aromatic heterocycles. The van der Waals surface area contributed by atoms with Gasteiger partial charge in [-0.05, 0) is 29.8 Å². The number of carbonyl (C=O) groups excluding carboxylic acids is 1. The maximum Gasteiger partial charge on any atom is 0.167 e. The van der Waals surface area contributed by atoms with Gasteiger partial charge in [0.25, 0.3) is 0 Å². The van der Waals surface area contributed by atoms with Crippen LogP contribution in [0.1, 0.15) is 15.9 Å². The second kappa shape index (κ2) is 5.02. The van der Waals surface area contributed by atoms with Crippen molar-refractivity contribution in [2.75, 3.05) is 0 Å². The first-order valence-corrected chi connectivity index (χ1v) is 5.59. The monoisotopic (exact) mass is 246 g/mol. The van der Waals surface area contributed by atoms with Crippen molar-refractivity contribution < 1.29 is 9.90 Å². The summed E-state index contributed by atoms with van der Waals surface area (Å²) in [5, 5.41) is 9.86. The minimum absolute atomic E-state index is 0.0156. The zero-order chi connectivity index (χ0) is 12.3. The number of aromatic hydroxyl groups is 1. The van der Waals surface area contributed by atoms with Crippen LogP contribution in [0.4, 0.5) is 0 Å². The van der Waals surface area contributed by atoms with E-state index < -0.39 is 0 Å². The van der Waals surface area contributed by atoms with Gasteiger partial charge in [-0.25, -0.2) is 0 Å². The number of halogens is 1. The van der Waals surface area contributed by atoms with Gasteiger partial charge in [0, 0.05) is 17.0 Å². The van der Waals surface area contributed by atoms with Crippen LogP contribution < -0.4 is 0 Å². The Balaban J connectivity index is 2.17. The summed E-state index contributed by atoms with van der Waals surface area (Å²) in [6, 6.07) is 13.5. The highest BCUT2D eigenvalue weighted by atomic mass is 35.5. The van der Waals surface area contributed by atoms with Crippen LogP contribution in [0.5, 0.6) is 5.75 Å². The van der Waals surface area contributed by atoms with E-state index in [9.17, 15) is 9.90 Å². The molecule has 2 rings (SSSR count). The third kappa shape index (κ3) is 3.08. The standard InChI is InChI=1S/C14H11ClO2/c15-12-5-2-4-11(9-12)14(17)8-10-3-1-6-13(16)7-10/h1-7,9,16H,8H2. The SMILES string of the molecule is O=C(Cc1cccc(O)c1)c1cccc(Cl)c1. The van der Waals surface area contributed by atoms with Crippen LogP contribution in [0.15, 0.2) is 48.5 Å². The summed E-state index contributed by atoms with van der Waals surface area (Å²) >= 11 is 5.82. The van der Waals surface area contributed by atoms with Crippen LogP contribution in [0.25, 0.3) is 0 Å². The lowest BCUT2D eigenvalue weighted by molar-refractivity contribution is 0.0993. The van der Waals surface area contributed by atoms with E-state index in [0.717, 1.165) is 5.56 Å². The summed E-state index contributed by atoms with van der Waals surface area (Å²) in [7, 11) is 0. The molecular formula is C14H11ClO2. The third-order valence-electron chi connectivity index (χ3n) is 2.42. The van der Waals surface area contributed by atoms with E-state index in [1.807, 2.05) is 6.07 Å². The number of phenolic OH excluding ortho intramolecular Hbond substituents is 1. The van der Waals surface area contributed by atoms with Crippen LogP contribution in [-0.2, 0) is 6.42 Å². The molecule has 0 aliphatic rings. The van der Waals surface area contributed by atoms with Crippen molar-refractivity contribution in [1.82, 2.24) is 0 Å². The molecule has 0 spiro atoms. The minimum atomic E-state index is -0.0156. The summed E-state index contributed by atoms with van der Waals surface area (Å²) in [6.07, 6.45) is 0.259. The molecule has 0 saturated heterocycles. The predicted octanol–water partition coefficient (Wildman–Crippen LogP) is 3.47. The van der Waals surface area contributed by atoms with Crippen LogP contribution in [0.3, 0.4) is 0 Å². The molecular weight excluding hydrogens is 236 g/mol. The van der Waals surface area contributed by atoms with E-state index in [1.54, 1.807) is 42.5 Å². The Morgan fingerprint density at radius 2 is 1.88 bits per heavy atom. The summed E-state index contributed by atoms with van der Waals surface area (Å²) in [6.45, 7) is 0. The van der Waals surface area contributed by atoms with Crippen molar-refractivity contribution in [2.45, 2.75) is 6.42 Å². The molecule has 0 bridgehead atoms. The lowest BCUT2D eigenvalue weighted by Crippen LogP contribution is -2.03. The van der Waals surface area contributed by atoms with Gasteiger partial charge < -0.3 is 5.11 Å². The average molecular weight is 247 g/mol. The maximum atomic E-state index is 11.9. The van der Waals surface area contributed by atoms with Gasteiger partial charge in [-0.2, -0.15) is 0 Å². The van der Waals surface area contributed by atoms with Crippen LogP contribution in [0.2, 0.25) is 5.02 Å². The minimum Gasteiger partial charge on any atom is -0.508 e. The number of carbonyl (C=O) groups is 1. The Kier molecular flexibility index (Phi) is 3.45. The predicted molar refractivity (Wildman–Crippen MR) is 67.6 cm³/mol. The zero-order valence-corrected chi connectivity index (χ0v) is 9.82. The second-order valence-corrected chi connectivity index (χ2v) is 4.22. The van der Waals surface area contributed by atoms with Gasteiger partial charge in [0.2, 0.25) is 0 Å². The Morgan fingerprint density at radius 1 is 1.12 bits per heavy atom. The highest BCUT2D eigenvalue weighted by Crippen LogP contribution is 2.15. The van der Waals surface area contributed by atoms with Crippen molar-refractivity contribution in [3.05, 3.63) is 64.7 Å². The van der Waals surface area contributed by atoms with E-state index in [0.29, 0.717) is 10.6 Å². The van der Waals surface area contributed by atoms with Crippen molar-refractivity contribution in [2.24, 2.45) is 0 Å². The number of rotatable bonds is 3. The fourth-order valence-corrected chi connectivity index (χ4v) is 1.81. The van der Waals surface area contributed by atoms with Crippen molar-refractivity contribution >= 4 is 17.4 Å². The average Bonchev–Trinajstić information content (AvgIpc) is 2.29. The Hall–Kier alpha value is -1.80. The van der Waals surface area contributed by atoms with Crippen molar-refractivity contribution in [3.63, 3.8) is 0 Å². The van der Waals surface area contributed by atoms with Gasteiger partial charge in [-0.15, -0.1) is 0 Å². The van der Waals surface area contributed by atoms with Crippen molar-refractivity contribution in [1.29, 1.82) is 0 Å². The van der Waals surface area contributed by atoms with Gasteiger partial charge >= 0.3 is 0 Å². The summed E-state index contributed by atoms with van der Waals surface area (Å²) in [5.74, 6) is 0.152. The van der Waals surface area contributed by atoms with E-state index in [4.69, 9.17) is 11.6 Å². The fourth-order valence-electron chi connectivity index (χ4n) is 1.62. The first-order valence-electron chi connectivity index (χ1n) is 5.22. The normalized spacial score (nSPS) is 10.2. The molecule has 0 fully saturated rings. The fraction of sp³-hybridized carbons (Fsp3) is 0.0714. The maximum absolute atomic E-state index is 11.9. The largest absolute Gasteiger partial charge is 0.508 e. The smallest absolute Gasteiger partial charge is 0.167 e. The second-order valence-electron chi connectivity index (χ2n) is 3.78. The molecule has 0 radical (unpaired) electrons. The number of benzene rings is 2. The summed E-state index contributed by atoms with van der Waals surface area (Å²) in [4.78, 5) is 11.9.